The van der Waals surface area contributed by atoms with Crippen molar-refractivity contribution in [3.63, 3.8) is 0 Å². The van der Waals surface area contributed by atoms with Gasteiger partial charge in [-0.25, -0.2) is 9.78 Å². The SMILES string of the molecule is O=C(O)c1ncoc1-c1ccc(C(F)(F)F)s1. The predicted octanol–water partition coefficient (Wildman–Crippen LogP) is 3.12. The summed E-state index contributed by atoms with van der Waals surface area (Å²) in [5.74, 6) is -1.52. The van der Waals surface area contributed by atoms with E-state index in [1.54, 1.807) is 0 Å². The van der Waals surface area contributed by atoms with Gasteiger partial charge in [-0.1, -0.05) is 0 Å². The standard InChI is InChI=1S/C9H4F3NO3S/c10-9(11,12)5-2-1-4(17-5)7-6(8(14)15)13-3-16-7/h1-3H,(H,14,15). The fraction of sp³-hybridized carbons (Fsp3) is 0.111. The highest BCUT2D eigenvalue weighted by molar-refractivity contribution is 7.15. The van der Waals surface area contributed by atoms with Gasteiger partial charge in [0.15, 0.2) is 17.8 Å². The third-order valence-corrected chi connectivity index (χ3v) is 3.01. The molecule has 8 heteroatoms. The second-order valence-electron chi connectivity index (χ2n) is 3.00. The fourth-order valence-electron chi connectivity index (χ4n) is 1.19. The minimum Gasteiger partial charge on any atom is -0.476 e. The van der Waals surface area contributed by atoms with Crippen LogP contribution in [-0.4, -0.2) is 16.1 Å². The Bertz CT molecular complexity index is 558. The monoisotopic (exact) mass is 263 g/mol. The van der Waals surface area contributed by atoms with Crippen LogP contribution in [0.25, 0.3) is 10.6 Å². The lowest BCUT2D eigenvalue weighted by atomic mass is 10.3. The zero-order chi connectivity index (χ0) is 12.6. The molecule has 1 N–H and O–H groups in total. The number of aromatic carboxylic acids is 1. The number of aromatic nitrogens is 1. The second-order valence-corrected chi connectivity index (χ2v) is 4.08. The number of carboxylic acid groups (broad SMARTS) is 1. The van der Waals surface area contributed by atoms with E-state index in [1.807, 2.05) is 0 Å². The fourth-order valence-corrected chi connectivity index (χ4v) is 2.05. The maximum absolute atomic E-state index is 12.3. The summed E-state index contributed by atoms with van der Waals surface area (Å²) in [6.07, 6.45) is -3.57. The molecular weight excluding hydrogens is 259 g/mol. The Labute approximate surface area is 96.3 Å². The lowest BCUT2D eigenvalue weighted by molar-refractivity contribution is -0.134. The Morgan fingerprint density at radius 1 is 1.41 bits per heavy atom. The third kappa shape index (κ3) is 2.16. The molecule has 90 valence electrons. The van der Waals surface area contributed by atoms with Gasteiger partial charge in [0.1, 0.15) is 4.88 Å². The molecule has 0 radical (unpaired) electrons. The van der Waals surface area contributed by atoms with E-state index in [1.165, 1.54) is 0 Å². The Hall–Kier alpha value is -1.83. The molecule has 2 aromatic heterocycles. The number of halogens is 3. The molecule has 2 heterocycles. The van der Waals surface area contributed by atoms with Crippen molar-refractivity contribution >= 4 is 17.3 Å². The number of oxazole rings is 1. The molecular formula is C9H4F3NO3S. The number of carbonyl (C=O) groups is 1. The first-order valence-electron chi connectivity index (χ1n) is 4.24. The molecule has 0 fully saturated rings. The molecule has 0 bridgehead atoms. The molecule has 2 aromatic rings. The summed E-state index contributed by atoms with van der Waals surface area (Å²) < 4.78 is 41.8. The Balaban J connectivity index is 2.44. The number of hydrogen-bond donors (Lipinski definition) is 1. The first kappa shape index (κ1) is 11.6. The van der Waals surface area contributed by atoms with Crippen molar-refractivity contribution in [1.82, 2.24) is 4.98 Å². The molecule has 17 heavy (non-hydrogen) atoms. The van der Waals surface area contributed by atoms with Gasteiger partial charge in [0.05, 0.1) is 4.88 Å². The zero-order valence-corrected chi connectivity index (χ0v) is 8.80. The minimum absolute atomic E-state index is 0.0761. The van der Waals surface area contributed by atoms with Gasteiger partial charge in [-0.2, -0.15) is 13.2 Å². The van der Waals surface area contributed by atoms with Crippen LogP contribution in [0.4, 0.5) is 13.2 Å². The van der Waals surface area contributed by atoms with Crippen LogP contribution in [0, 0.1) is 0 Å². The van der Waals surface area contributed by atoms with Crippen LogP contribution in [0.5, 0.6) is 0 Å². The largest absolute Gasteiger partial charge is 0.476 e. The maximum Gasteiger partial charge on any atom is 0.425 e. The molecule has 0 saturated carbocycles. The number of carboxylic acids is 1. The van der Waals surface area contributed by atoms with Gasteiger partial charge in [-0.15, -0.1) is 11.3 Å². The van der Waals surface area contributed by atoms with E-state index in [0.29, 0.717) is 11.3 Å². The quantitative estimate of drug-likeness (QED) is 0.904. The lowest BCUT2D eigenvalue weighted by Crippen LogP contribution is -2.00. The summed E-state index contributed by atoms with van der Waals surface area (Å²) in [4.78, 5) is 13.4. The highest BCUT2D eigenvalue weighted by Gasteiger charge is 2.33. The Morgan fingerprint density at radius 2 is 2.12 bits per heavy atom. The third-order valence-electron chi connectivity index (χ3n) is 1.88. The smallest absolute Gasteiger partial charge is 0.425 e. The molecule has 0 aliphatic rings. The molecule has 2 rings (SSSR count). The van der Waals surface area contributed by atoms with Gasteiger partial charge in [-0.3, -0.25) is 0 Å². The van der Waals surface area contributed by atoms with Crippen LogP contribution >= 0.6 is 11.3 Å². The minimum atomic E-state index is -4.45. The maximum atomic E-state index is 12.3. The van der Waals surface area contributed by atoms with E-state index in [4.69, 9.17) is 9.52 Å². The predicted molar refractivity (Wildman–Crippen MR) is 51.8 cm³/mol. The molecule has 0 unspecified atom stereocenters. The number of rotatable bonds is 2. The van der Waals surface area contributed by atoms with Gasteiger partial charge in [0, 0.05) is 0 Å². The van der Waals surface area contributed by atoms with Crippen molar-refractivity contribution in [2.24, 2.45) is 0 Å². The van der Waals surface area contributed by atoms with Gasteiger partial charge in [-0.05, 0) is 12.1 Å². The average molecular weight is 263 g/mol. The summed E-state index contributed by atoms with van der Waals surface area (Å²) in [7, 11) is 0. The van der Waals surface area contributed by atoms with Crippen molar-refractivity contribution in [2.45, 2.75) is 6.18 Å². The van der Waals surface area contributed by atoms with Crippen molar-refractivity contribution in [3.8, 4) is 10.6 Å². The summed E-state index contributed by atoms with van der Waals surface area (Å²) >= 11 is 0.407. The molecule has 4 nitrogen and oxygen atoms in total. The first-order valence-corrected chi connectivity index (χ1v) is 5.05. The number of thiophene rings is 1. The number of nitrogens with zero attached hydrogens (tertiary/aromatic N) is 1. The van der Waals surface area contributed by atoms with Crippen molar-refractivity contribution in [3.05, 3.63) is 29.1 Å². The average Bonchev–Trinajstić information content (AvgIpc) is 2.85. The van der Waals surface area contributed by atoms with Crippen LogP contribution in [0.1, 0.15) is 15.4 Å². The summed E-state index contributed by atoms with van der Waals surface area (Å²) in [5, 5.41) is 8.74. The first-order chi connectivity index (χ1) is 7.89. The van der Waals surface area contributed by atoms with E-state index < -0.39 is 22.7 Å². The van der Waals surface area contributed by atoms with Gasteiger partial charge in [0.25, 0.3) is 0 Å². The van der Waals surface area contributed by atoms with Crippen LogP contribution < -0.4 is 0 Å². The van der Waals surface area contributed by atoms with Crippen LogP contribution in [-0.2, 0) is 6.18 Å². The Morgan fingerprint density at radius 3 is 2.65 bits per heavy atom. The number of alkyl halides is 3. The topological polar surface area (TPSA) is 63.3 Å². The summed E-state index contributed by atoms with van der Waals surface area (Å²) in [5.41, 5.74) is -0.402. The van der Waals surface area contributed by atoms with E-state index in [-0.39, 0.29) is 10.6 Å². The molecule has 0 aromatic carbocycles. The highest BCUT2D eigenvalue weighted by atomic mass is 32.1. The molecule has 0 amide bonds. The summed E-state index contributed by atoms with van der Waals surface area (Å²) in [6, 6.07) is 2.02. The van der Waals surface area contributed by atoms with Crippen molar-refractivity contribution in [1.29, 1.82) is 0 Å². The van der Waals surface area contributed by atoms with Gasteiger partial charge >= 0.3 is 12.1 Å². The van der Waals surface area contributed by atoms with E-state index in [2.05, 4.69) is 4.98 Å². The lowest BCUT2D eigenvalue weighted by Gasteiger charge is -2.00. The van der Waals surface area contributed by atoms with Crippen LogP contribution in [0.15, 0.2) is 22.9 Å². The van der Waals surface area contributed by atoms with E-state index in [9.17, 15) is 18.0 Å². The molecule has 0 atom stereocenters. The van der Waals surface area contributed by atoms with Gasteiger partial charge in [0.2, 0.25) is 0 Å². The Kier molecular flexibility index (Phi) is 2.66. The van der Waals surface area contributed by atoms with Crippen molar-refractivity contribution in [2.75, 3.05) is 0 Å². The van der Waals surface area contributed by atoms with Crippen LogP contribution in [0.3, 0.4) is 0 Å². The molecule has 0 spiro atoms. The second kappa shape index (κ2) is 3.88. The number of hydrogen-bond acceptors (Lipinski definition) is 4. The van der Waals surface area contributed by atoms with E-state index >= 15 is 0 Å². The highest BCUT2D eigenvalue weighted by Crippen LogP contribution is 2.39. The molecule has 0 aliphatic heterocycles. The van der Waals surface area contributed by atoms with E-state index in [0.717, 1.165) is 18.5 Å². The van der Waals surface area contributed by atoms with Gasteiger partial charge < -0.3 is 9.52 Å². The normalized spacial score (nSPS) is 11.7. The van der Waals surface area contributed by atoms with Crippen molar-refractivity contribution < 1.29 is 27.5 Å². The molecule has 0 aliphatic carbocycles. The molecule has 0 saturated heterocycles. The van der Waals surface area contributed by atoms with Crippen LogP contribution in [0.2, 0.25) is 0 Å². The summed E-state index contributed by atoms with van der Waals surface area (Å²) in [6.45, 7) is 0. The zero-order valence-electron chi connectivity index (χ0n) is 7.99.